The molecule has 0 atom stereocenters. The van der Waals surface area contributed by atoms with E-state index in [9.17, 15) is 14.4 Å². The van der Waals surface area contributed by atoms with Gasteiger partial charge in [-0.2, -0.15) is 0 Å². The number of carboxylic acids is 1. The molecule has 1 heterocycles. The van der Waals surface area contributed by atoms with E-state index in [1.54, 1.807) is 13.0 Å². The summed E-state index contributed by atoms with van der Waals surface area (Å²) in [5.74, 6) is -1.01. The Morgan fingerprint density at radius 2 is 1.89 bits per heavy atom. The molecular formula is C12H11NO4S. The van der Waals surface area contributed by atoms with E-state index >= 15 is 0 Å². The van der Waals surface area contributed by atoms with Crippen molar-refractivity contribution in [3.8, 4) is 0 Å². The van der Waals surface area contributed by atoms with Gasteiger partial charge in [0.25, 0.3) is 0 Å². The van der Waals surface area contributed by atoms with Crippen molar-refractivity contribution in [3.05, 3.63) is 29.3 Å². The summed E-state index contributed by atoms with van der Waals surface area (Å²) in [6, 6.07) is 4.45. The topological polar surface area (TPSA) is 74.7 Å². The van der Waals surface area contributed by atoms with E-state index in [1.807, 2.05) is 0 Å². The van der Waals surface area contributed by atoms with Crippen LogP contribution in [0.5, 0.6) is 0 Å². The molecule has 18 heavy (non-hydrogen) atoms. The number of aryl methyl sites for hydroxylation is 1. The van der Waals surface area contributed by atoms with Crippen molar-refractivity contribution in [2.24, 2.45) is 0 Å². The van der Waals surface area contributed by atoms with Gasteiger partial charge in [-0.25, -0.2) is 9.69 Å². The molecule has 6 heteroatoms. The average Bonchev–Trinajstić information content (AvgIpc) is 2.28. The highest BCUT2D eigenvalue weighted by Gasteiger charge is 2.28. The molecule has 94 valence electrons. The highest BCUT2D eigenvalue weighted by Crippen LogP contribution is 2.24. The van der Waals surface area contributed by atoms with Crippen molar-refractivity contribution in [2.75, 3.05) is 16.4 Å². The number of imide groups is 1. The molecule has 0 unspecified atom stereocenters. The summed E-state index contributed by atoms with van der Waals surface area (Å²) in [6.07, 6.45) is 0. The molecule has 0 radical (unpaired) electrons. The van der Waals surface area contributed by atoms with Gasteiger partial charge in [0.2, 0.25) is 11.8 Å². The summed E-state index contributed by atoms with van der Waals surface area (Å²) in [4.78, 5) is 35.4. The summed E-state index contributed by atoms with van der Waals surface area (Å²) < 4.78 is 0. The van der Waals surface area contributed by atoms with Crippen LogP contribution in [0.2, 0.25) is 0 Å². The van der Waals surface area contributed by atoms with Crippen LogP contribution in [-0.2, 0) is 9.59 Å². The molecule has 1 aromatic rings. The van der Waals surface area contributed by atoms with Crippen LogP contribution in [0.4, 0.5) is 5.69 Å². The minimum atomic E-state index is -1.02. The lowest BCUT2D eigenvalue weighted by Gasteiger charge is -2.25. The number of carbonyl (C=O) groups excluding carboxylic acids is 2. The van der Waals surface area contributed by atoms with Gasteiger partial charge in [0.05, 0.1) is 22.8 Å². The number of anilines is 1. The molecular weight excluding hydrogens is 254 g/mol. The third kappa shape index (κ3) is 2.24. The summed E-state index contributed by atoms with van der Waals surface area (Å²) in [7, 11) is 0. The van der Waals surface area contributed by atoms with Gasteiger partial charge in [0.15, 0.2) is 0 Å². The van der Waals surface area contributed by atoms with Crippen LogP contribution in [0.25, 0.3) is 0 Å². The summed E-state index contributed by atoms with van der Waals surface area (Å²) in [5, 5.41) is 8.92. The number of hydrogen-bond donors (Lipinski definition) is 1. The lowest BCUT2D eigenvalue weighted by atomic mass is 10.1. The molecule has 1 N–H and O–H groups in total. The Hall–Kier alpha value is -1.82. The number of carbonyl (C=O) groups is 3. The largest absolute Gasteiger partial charge is 0.478 e. The fourth-order valence-corrected chi connectivity index (χ4v) is 2.52. The Morgan fingerprint density at radius 3 is 2.39 bits per heavy atom. The van der Waals surface area contributed by atoms with Gasteiger partial charge < -0.3 is 5.11 Å². The second-order valence-electron chi connectivity index (χ2n) is 3.92. The van der Waals surface area contributed by atoms with Crippen molar-refractivity contribution in [1.82, 2.24) is 0 Å². The average molecular weight is 265 g/mol. The number of hydrogen-bond acceptors (Lipinski definition) is 4. The van der Waals surface area contributed by atoms with Crippen LogP contribution in [0, 0.1) is 6.92 Å². The van der Waals surface area contributed by atoms with Gasteiger partial charge in [-0.05, 0) is 30.7 Å². The molecule has 0 bridgehead atoms. The zero-order chi connectivity index (χ0) is 13.3. The molecule has 1 aromatic carbocycles. The fraction of sp³-hybridized carbons (Fsp3) is 0.250. The van der Waals surface area contributed by atoms with E-state index in [1.165, 1.54) is 23.9 Å². The van der Waals surface area contributed by atoms with Crippen LogP contribution in [-0.4, -0.2) is 34.4 Å². The van der Waals surface area contributed by atoms with E-state index in [0.717, 1.165) is 4.90 Å². The van der Waals surface area contributed by atoms with E-state index in [0.29, 0.717) is 11.3 Å². The maximum Gasteiger partial charge on any atom is 0.335 e. The van der Waals surface area contributed by atoms with Gasteiger partial charge >= 0.3 is 5.97 Å². The predicted octanol–water partition coefficient (Wildman–Crippen LogP) is 1.30. The molecule has 0 saturated carbocycles. The molecule has 0 aliphatic carbocycles. The number of aromatic carboxylic acids is 1. The second-order valence-corrected chi connectivity index (χ2v) is 4.91. The highest BCUT2D eigenvalue weighted by molar-refractivity contribution is 8.00. The highest BCUT2D eigenvalue weighted by atomic mass is 32.2. The monoisotopic (exact) mass is 265 g/mol. The summed E-state index contributed by atoms with van der Waals surface area (Å²) >= 11 is 1.29. The lowest BCUT2D eigenvalue weighted by Crippen LogP contribution is -2.43. The normalized spacial score (nSPS) is 15.9. The van der Waals surface area contributed by atoms with E-state index in [-0.39, 0.29) is 28.9 Å². The molecule has 0 aromatic heterocycles. The van der Waals surface area contributed by atoms with E-state index < -0.39 is 5.97 Å². The number of carboxylic acid groups (broad SMARTS) is 1. The fourth-order valence-electron chi connectivity index (χ4n) is 1.81. The Kier molecular flexibility index (Phi) is 3.38. The molecule has 5 nitrogen and oxygen atoms in total. The third-order valence-electron chi connectivity index (χ3n) is 2.65. The van der Waals surface area contributed by atoms with Crippen molar-refractivity contribution in [3.63, 3.8) is 0 Å². The quantitative estimate of drug-likeness (QED) is 0.816. The number of rotatable bonds is 2. The van der Waals surface area contributed by atoms with E-state index in [4.69, 9.17) is 5.11 Å². The lowest BCUT2D eigenvalue weighted by molar-refractivity contribution is -0.124. The SMILES string of the molecule is Cc1cc(N2C(=O)CSCC2=O)ccc1C(=O)O. The first-order valence-corrected chi connectivity index (χ1v) is 6.43. The summed E-state index contributed by atoms with van der Waals surface area (Å²) in [6.45, 7) is 1.64. The number of nitrogens with zero attached hydrogens (tertiary/aromatic N) is 1. The molecule has 1 aliphatic heterocycles. The smallest absolute Gasteiger partial charge is 0.335 e. The zero-order valence-electron chi connectivity index (χ0n) is 9.67. The first-order valence-electron chi connectivity index (χ1n) is 5.28. The molecule has 2 rings (SSSR count). The van der Waals surface area contributed by atoms with Gasteiger partial charge in [-0.1, -0.05) is 0 Å². The second kappa shape index (κ2) is 4.81. The number of thioether (sulfide) groups is 1. The van der Waals surface area contributed by atoms with Gasteiger partial charge in [-0.15, -0.1) is 11.8 Å². The molecule has 0 spiro atoms. The van der Waals surface area contributed by atoms with Crippen LogP contribution in [0.15, 0.2) is 18.2 Å². The maximum absolute atomic E-state index is 11.7. The molecule has 2 amide bonds. The van der Waals surface area contributed by atoms with Gasteiger partial charge in [0.1, 0.15) is 0 Å². The van der Waals surface area contributed by atoms with Crippen molar-refractivity contribution >= 4 is 35.2 Å². The Balaban J connectivity index is 2.39. The van der Waals surface area contributed by atoms with Crippen LogP contribution in [0.1, 0.15) is 15.9 Å². The molecule has 1 aliphatic rings. The minimum Gasteiger partial charge on any atom is -0.478 e. The first-order chi connectivity index (χ1) is 8.50. The molecule has 1 fully saturated rings. The van der Waals surface area contributed by atoms with E-state index in [2.05, 4.69) is 0 Å². The van der Waals surface area contributed by atoms with Crippen molar-refractivity contribution < 1.29 is 19.5 Å². The zero-order valence-corrected chi connectivity index (χ0v) is 10.5. The number of amides is 2. The van der Waals surface area contributed by atoms with Crippen molar-refractivity contribution in [2.45, 2.75) is 6.92 Å². The third-order valence-corrected chi connectivity index (χ3v) is 3.55. The minimum absolute atomic E-state index is 0.171. The van der Waals surface area contributed by atoms with Gasteiger partial charge in [0, 0.05) is 0 Å². The van der Waals surface area contributed by atoms with Crippen molar-refractivity contribution in [1.29, 1.82) is 0 Å². The maximum atomic E-state index is 11.7. The Bertz CT molecular complexity index is 525. The first kappa shape index (κ1) is 12.6. The Labute approximate surface area is 108 Å². The predicted molar refractivity (Wildman–Crippen MR) is 68.0 cm³/mol. The van der Waals surface area contributed by atoms with Crippen LogP contribution < -0.4 is 4.90 Å². The van der Waals surface area contributed by atoms with Crippen LogP contribution in [0.3, 0.4) is 0 Å². The summed E-state index contributed by atoms with van der Waals surface area (Å²) in [5.41, 5.74) is 1.14. The standard InChI is InChI=1S/C12H11NO4S/c1-7-4-8(2-3-9(7)12(16)17)13-10(14)5-18-6-11(13)15/h2-4H,5-6H2,1H3,(H,16,17). The number of benzene rings is 1. The van der Waals surface area contributed by atoms with Gasteiger partial charge in [-0.3, -0.25) is 9.59 Å². The van der Waals surface area contributed by atoms with Crippen LogP contribution >= 0.6 is 11.8 Å². The Morgan fingerprint density at radius 1 is 1.28 bits per heavy atom. The molecule has 1 saturated heterocycles.